The normalized spacial score (nSPS) is 12.1. The number of H-pyrrole nitrogens is 2. The molecule has 3 aromatic heterocycles. The molecule has 0 aliphatic carbocycles. The van der Waals surface area contributed by atoms with E-state index < -0.39 is 0 Å². The number of aromatic amines is 2. The van der Waals surface area contributed by atoms with Gasteiger partial charge in [0.2, 0.25) is 0 Å². The largest absolute Gasteiger partial charge is 0.354 e. The van der Waals surface area contributed by atoms with E-state index in [0.717, 1.165) is 107 Å². The number of fused-ring (bicyclic) bond motifs is 8. The smallest absolute Gasteiger partial charge is 0.150 e. The molecule has 2 aliphatic heterocycles. The van der Waals surface area contributed by atoms with E-state index in [4.69, 9.17) is 9.97 Å². The number of carbonyl (C=O) groups is 1. The van der Waals surface area contributed by atoms with Gasteiger partial charge >= 0.3 is 0 Å². The van der Waals surface area contributed by atoms with Crippen LogP contribution in [0.15, 0.2) is 115 Å². The fourth-order valence-electron chi connectivity index (χ4n) is 10.0. The first-order chi connectivity index (χ1) is 31.8. The standard InChI is InChI=1S/C61H52N4O/c1-35-21-36(2)26-46(25-35)57-50-15-16-51(62-50)58(47-27-37(3)22-38(4)28-47)53-19-20-55(64-53)60(49-31-41(7)24-42(8)32-49)61-45(14-13-43-9-11-44(34-66)12-10-43)33-56(65-61)59(54-18-17-52(57)63-54)48-29-39(5)23-40(6)30-48/h9-34,63,65H,1-8H3/b14-13+,57-50?,57-52?,58-51?,58-53?,59-54?,59-56?,60-55?,61-60?. The van der Waals surface area contributed by atoms with Crippen LogP contribution in [0.4, 0.5) is 0 Å². The molecule has 0 spiro atoms. The van der Waals surface area contributed by atoms with Gasteiger partial charge in [-0.25, -0.2) is 9.97 Å². The molecule has 0 unspecified atom stereocenters. The van der Waals surface area contributed by atoms with E-state index in [0.29, 0.717) is 5.56 Å². The first kappa shape index (κ1) is 42.1. The zero-order valence-electron chi connectivity index (χ0n) is 38.8. The highest BCUT2D eigenvalue weighted by molar-refractivity contribution is 6.03. The number of aromatic nitrogens is 4. The predicted octanol–water partition coefficient (Wildman–Crippen LogP) is 15.8. The van der Waals surface area contributed by atoms with Gasteiger partial charge in [-0.2, -0.15) is 0 Å². The molecule has 0 atom stereocenters. The second-order valence-electron chi connectivity index (χ2n) is 18.4. The molecule has 8 bridgehead atoms. The zero-order chi connectivity index (χ0) is 45.8. The van der Waals surface area contributed by atoms with Crippen molar-refractivity contribution < 1.29 is 4.79 Å². The number of hydrogen-bond donors (Lipinski definition) is 2. The molecule has 0 saturated heterocycles. The van der Waals surface area contributed by atoms with E-state index in [-0.39, 0.29) is 0 Å². The lowest BCUT2D eigenvalue weighted by Crippen LogP contribution is -1.93. The molecule has 5 nitrogen and oxygen atoms in total. The van der Waals surface area contributed by atoms with Crippen molar-refractivity contribution in [2.45, 2.75) is 55.4 Å². The number of aldehydes is 1. The van der Waals surface area contributed by atoms with Crippen LogP contribution in [0.2, 0.25) is 0 Å². The van der Waals surface area contributed by atoms with Crippen LogP contribution in [-0.2, 0) is 0 Å². The summed E-state index contributed by atoms with van der Waals surface area (Å²) in [6.07, 6.45) is 13.8. The van der Waals surface area contributed by atoms with Crippen LogP contribution in [0, 0.1) is 55.4 Å². The summed E-state index contributed by atoms with van der Waals surface area (Å²) in [6.45, 7) is 17.3. The van der Waals surface area contributed by atoms with Crippen LogP contribution in [0.25, 0.3) is 103 Å². The van der Waals surface area contributed by atoms with Gasteiger partial charge in [-0.05, 0) is 126 Å². The molecule has 0 fully saturated rings. The van der Waals surface area contributed by atoms with Crippen molar-refractivity contribution in [3.8, 4) is 44.5 Å². The third-order valence-electron chi connectivity index (χ3n) is 12.5. The molecule has 5 heteroatoms. The van der Waals surface area contributed by atoms with Crippen LogP contribution in [-0.4, -0.2) is 26.2 Å². The summed E-state index contributed by atoms with van der Waals surface area (Å²) in [5.74, 6) is 0. The van der Waals surface area contributed by atoms with Crippen molar-refractivity contribution in [2.75, 3.05) is 0 Å². The zero-order valence-corrected chi connectivity index (χ0v) is 38.8. The van der Waals surface area contributed by atoms with Gasteiger partial charge in [-0.3, -0.25) is 4.79 Å². The maximum Gasteiger partial charge on any atom is 0.150 e. The van der Waals surface area contributed by atoms with Crippen molar-refractivity contribution in [3.63, 3.8) is 0 Å². The summed E-state index contributed by atoms with van der Waals surface area (Å²) in [6, 6.07) is 41.3. The number of nitrogens with one attached hydrogen (secondary N) is 2. The minimum atomic E-state index is 0.644. The van der Waals surface area contributed by atoms with Crippen LogP contribution >= 0.6 is 0 Å². The third-order valence-corrected chi connectivity index (χ3v) is 12.5. The molecule has 5 heterocycles. The summed E-state index contributed by atoms with van der Waals surface area (Å²) < 4.78 is 0. The topological polar surface area (TPSA) is 74.4 Å². The Bertz CT molecular complexity index is 3490. The first-order valence-corrected chi connectivity index (χ1v) is 22.6. The Morgan fingerprint density at radius 1 is 0.364 bits per heavy atom. The van der Waals surface area contributed by atoms with Gasteiger partial charge in [0.25, 0.3) is 0 Å². The Morgan fingerprint density at radius 2 is 0.742 bits per heavy atom. The van der Waals surface area contributed by atoms with Crippen LogP contribution in [0.5, 0.6) is 0 Å². The van der Waals surface area contributed by atoms with Gasteiger partial charge in [0, 0.05) is 49.9 Å². The second kappa shape index (κ2) is 16.9. The van der Waals surface area contributed by atoms with Crippen molar-refractivity contribution in [2.24, 2.45) is 0 Å². The lowest BCUT2D eigenvalue weighted by atomic mass is 9.97. The predicted molar refractivity (Wildman–Crippen MR) is 279 cm³/mol. The summed E-state index contributed by atoms with van der Waals surface area (Å²) in [5.41, 5.74) is 27.8. The highest BCUT2D eigenvalue weighted by atomic mass is 16.1. The fraction of sp³-hybridized carbons (Fsp3) is 0.131. The average Bonchev–Trinajstić information content (AvgIpc) is 4.09. The minimum Gasteiger partial charge on any atom is -0.354 e. The van der Waals surface area contributed by atoms with E-state index in [1.54, 1.807) is 0 Å². The summed E-state index contributed by atoms with van der Waals surface area (Å²) in [4.78, 5) is 30.8. The molecule has 2 aliphatic rings. The van der Waals surface area contributed by atoms with Crippen molar-refractivity contribution in [3.05, 3.63) is 199 Å². The third kappa shape index (κ3) is 8.21. The van der Waals surface area contributed by atoms with E-state index >= 15 is 0 Å². The molecule has 8 aromatic rings. The Kier molecular flexibility index (Phi) is 10.8. The molecular formula is C61H52N4O. The SMILES string of the molecule is Cc1cc(C)cc(-c2c3nc(c(-c4cc(C)cc(C)c4)c4ccc([nH]4)c(-c4cc(C)cc(C)c4)c4cc(/C=C/c5ccc(C=O)cc5)c([nH]4)c(-c4cc(C)cc(C)c4)c4nc2C=C4)C=C3)c1. The maximum absolute atomic E-state index is 11.6. The van der Waals surface area contributed by atoms with Crippen molar-refractivity contribution >= 4 is 64.8 Å². The Morgan fingerprint density at radius 3 is 1.21 bits per heavy atom. The molecule has 322 valence electrons. The Labute approximate surface area is 387 Å². The van der Waals surface area contributed by atoms with Gasteiger partial charge < -0.3 is 9.97 Å². The molecule has 0 radical (unpaired) electrons. The molecule has 5 aromatic carbocycles. The second-order valence-corrected chi connectivity index (χ2v) is 18.4. The van der Waals surface area contributed by atoms with Gasteiger partial charge in [0.15, 0.2) is 0 Å². The van der Waals surface area contributed by atoms with Crippen molar-refractivity contribution in [1.29, 1.82) is 0 Å². The van der Waals surface area contributed by atoms with Crippen LogP contribution in [0.3, 0.4) is 0 Å². The summed E-state index contributed by atoms with van der Waals surface area (Å²) >= 11 is 0. The molecule has 66 heavy (non-hydrogen) atoms. The number of nitrogens with zero attached hydrogens (tertiary/aromatic N) is 2. The fourth-order valence-corrected chi connectivity index (χ4v) is 10.0. The number of rotatable bonds is 7. The highest BCUT2D eigenvalue weighted by Gasteiger charge is 2.21. The molecular weight excluding hydrogens is 805 g/mol. The number of carbonyl (C=O) groups excluding carboxylic acids is 1. The molecule has 10 rings (SSSR count). The Balaban J connectivity index is 1.43. The maximum atomic E-state index is 11.6. The lowest BCUT2D eigenvalue weighted by molar-refractivity contribution is 0.112. The number of hydrogen-bond acceptors (Lipinski definition) is 3. The van der Waals surface area contributed by atoms with Gasteiger partial charge in [-0.1, -0.05) is 154 Å². The van der Waals surface area contributed by atoms with Gasteiger partial charge in [-0.15, -0.1) is 0 Å². The van der Waals surface area contributed by atoms with E-state index in [1.165, 1.54) is 44.5 Å². The van der Waals surface area contributed by atoms with Gasteiger partial charge in [0.1, 0.15) is 6.29 Å². The average molecular weight is 857 g/mol. The lowest BCUT2D eigenvalue weighted by Gasteiger charge is -2.10. The summed E-state index contributed by atoms with van der Waals surface area (Å²) in [7, 11) is 0. The number of aryl methyl sites for hydroxylation is 8. The summed E-state index contributed by atoms with van der Waals surface area (Å²) in [5, 5.41) is 0. The Hall–Kier alpha value is -7.89. The highest BCUT2D eigenvalue weighted by Crippen LogP contribution is 2.41. The van der Waals surface area contributed by atoms with E-state index in [1.807, 2.05) is 24.3 Å². The van der Waals surface area contributed by atoms with Crippen LogP contribution in [0.1, 0.15) is 88.8 Å². The quantitative estimate of drug-likeness (QED) is 0.157. The minimum absolute atomic E-state index is 0.644. The van der Waals surface area contributed by atoms with Crippen LogP contribution < -0.4 is 0 Å². The first-order valence-electron chi connectivity index (χ1n) is 22.6. The van der Waals surface area contributed by atoms with Crippen molar-refractivity contribution in [1.82, 2.24) is 19.9 Å². The van der Waals surface area contributed by atoms with Gasteiger partial charge in [0.05, 0.1) is 28.3 Å². The molecule has 0 amide bonds. The number of benzene rings is 5. The monoisotopic (exact) mass is 856 g/mol. The van der Waals surface area contributed by atoms with E-state index in [2.05, 4.69) is 193 Å². The van der Waals surface area contributed by atoms with E-state index in [9.17, 15) is 4.79 Å². The molecule has 0 saturated carbocycles. The molecule has 2 N–H and O–H groups in total.